The molecule has 1 rings (SSSR count). The number of rotatable bonds is 2. The molecule has 0 radical (unpaired) electrons. The Bertz CT molecular complexity index is 118. The SMILES string of the molecule is O=CN1CCNCC1CO. The van der Waals surface area contributed by atoms with Crippen molar-refractivity contribution in [2.24, 2.45) is 0 Å². The van der Waals surface area contributed by atoms with Crippen molar-refractivity contribution >= 4 is 6.41 Å². The van der Waals surface area contributed by atoms with E-state index in [1.165, 1.54) is 0 Å². The number of hydrogen-bond acceptors (Lipinski definition) is 3. The predicted molar refractivity (Wildman–Crippen MR) is 36.5 cm³/mol. The Hall–Kier alpha value is -0.610. The summed E-state index contributed by atoms with van der Waals surface area (Å²) in [4.78, 5) is 11.9. The van der Waals surface area contributed by atoms with Crippen LogP contribution < -0.4 is 5.32 Å². The highest BCUT2D eigenvalue weighted by molar-refractivity contribution is 5.48. The zero-order valence-corrected chi connectivity index (χ0v) is 5.79. The van der Waals surface area contributed by atoms with E-state index in [2.05, 4.69) is 5.32 Å². The number of carbonyl (C=O) groups excluding carboxylic acids is 1. The minimum absolute atomic E-state index is 0.0220. The maximum absolute atomic E-state index is 10.3. The molecule has 58 valence electrons. The van der Waals surface area contributed by atoms with E-state index in [0.717, 1.165) is 13.0 Å². The lowest BCUT2D eigenvalue weighted by Gasteiger charge is -2.31. The summed E-state index contributed by atoms with van der Waals surface area (Å²) in [5.41, 5.74) is 0. The van der Waals surface area contributed by atoms with Gasteiger partial charge < -0.3 is 15.3 Å². The van der Waals surface area contributed by atoms with E-state index >= 15 is 0 Å². The summed E-state index contributed by atoms with van der Waals surface area (Å²) >= 11 is 0. The Kier molecular flexibility index (Phi) is 2.65. The smallest absolute Gasteiger partial charge is 0.210 e. The van der Waals surface area contributed by atoms with E-state index in [1.807, 2.05) is 0 Å². The average molecular weight is 144 g/mol. The summed E-state index contributed by atoms with van der Waals surface area (Å²) in [5.74, 6) is 0. The summed E-state index contributed by atoms with van der Waals surface area (Å²) in [6, 6.07) is -0.0220. The van der Waals surface area contributed by atoms with Crippen LogP contribution in [0.25, 0.3) is 0 Å². The van der Waals surface area contributed by atoms with Crippen molar-refractivity contribution < 1.29 is 9.90 Å². The van der Waals surface area contributed by atoms with Gasteiger partial charge in [-0.15, -0.1) is 0 Å². The lowest BCUT2D eigenvalue weighted by atomic mass is 10.2. The number of piperazine rings is 1. The molecule has 1 fully saturated rings. The minimum Gasteiger partial charge on any atom is -0.394 e. The maximum Gasteiger partial charge on any atom is 0.210 e. The first-order valence-electron chi connectivity index (χ1n) is 3.41. The first kappa shape index (κ1) is 7.50. The lowest BCUT2D eigenvalue weighted by molar-refractivity contribution is -0.121. The van der Waals surface area contributed by atoms with Crippen LogP contribution in [0, 0.1) is 0 Å². The molecular formula is C6H12N2O2. The summed E-state index contributed by atoms with van der Waals surface area (Å²) in [6.45, 7) is 2.28. The van der Waals surface area contributed by atoms with Crippen molar-refractivity contribution in [3.63, 3.8) is 0 Å². The first-order chi connectivity index (χ1) is 4.88. The fourth-order valence-electron chi connectivity index (χ4n) is 1.08. The Morgan fingerprint density at radius 2 is 2.60 bits per heavy atom. The van der Waals surface area contributed by atoms with Gasteiger partial charge in [-0.25, -0.2) is 0 Å². The molecule has 0 spiro atoms. The van der Waals surface area contributed by atoms with Crippen LogP contribution in [0.4, 0.5) is 0 Å². The normalized spacial score (nSPS) is 26.5. The molecule has 0 saturated carbocycles. The average Bonchev–Trinajstić information content (AvgIpc) is 2.04. The Labute approximate surface area is 59.8 Å². The molecule has 0 aromatic heterocycles. The quantitative estimate of drug-likeness (QED) is 0.459. The van der Waals surface area contributed by atoms with Crippen LogP contribution in [0.1, 0.15) is 0 Å². The van der Waals surface area contributed by atoms with E-state index in [1.54, 1.807) is 4.90 Å². The molecule has 1 saturated heterocycles. The van der Waals surface area contributed by atoms with Gasteiger partial charge in [0, 0.05) is 19.6 Å². The predicted octanol–water partition coefficient (Wildman–Crippen LogP) is -1.59. The van der Waals surface area contributed by atoms with Crippen LogP contribution in [-0.4, -0.2) is 48.7 Å². The van der Waals surface area contributed by atoms with Gasteiger partial charge in [-0.2, -0.15) is 0 Å². The van der Waals surface area contributed by atoms with Crippen molar-refractivity contribution in [2.75, 3.05) is 26.2 Å². The van der Waals surface area contributed by atoms with Gasteiger partial charge in [-0.3, -0.25) is 4.79 Å². The Morgan fingerprint density at radius 1 is 1.80 bits per heavy atom. The lowest BCUT2D eigenvalue weighted by Crippen LogP contribution is -2.52. The highest BCUT2D eigenvalue weighted by atomic mass is 16.3. The van der Waals surface area contributed by atoms with Crippen LogP contribution in [0.15, 0.2) is 0 Å². The Morgan fingerprint density at radius 3 is 3.10 bits per heavy atom. The molecule has 1 aliphatic rings. The third kappa shape index (κ3) is 1.46. The molecule has 10 heavy (non-hydrogen) atoms. The number of nitrogens with zero attached hydrogens (tertiary/aromatic N) is 1. The molecule has 0 aliphatic carbocycles. The van der Waals surface area contributed by atoms with Gasteiger partial charge in [0.25, 0.3) is 0 Å². The van der Waals surface area contributed by atoms with Gasteiger partial charge in [0.2, 0.25) is 6.41 Å². The zero-order chi connectivity index (χ0) is 7.40. The van der Waals surface area contributed by atoms with Gasteiger partial charge in [0.15, 0.2) is 0 Å². The fraction of sp³-hybridized carbons (Fsp3) is 0.833. The molecule has 1 unspecified atom stereocenters. The zero-order valence-electron chi connectivity index (χ0n) is 5.79. The monoisotopic (exact) mass is 144 g/mol. The third-order valence-corrected chi connectivity index (χ3v) is 1.74. The molecule has 0 bridgehead atoms. The highest BCUT2D eigenvalue weighted by Crippen LogP contribution is 1.97. The third-order valence-electron chi connectivity index (χ3n) is 1.74. The fourth-order valence-corrected chi connectivity index (χ4v) is 1.08. The van der Waals surface area contributed by atoms with Crippen molar-refractivity contribution in [3.05, 3.63) is 0 Å². The number of aliphatic hydroxyl groups excluding tert-OH is 1. The first-order valence-corrected chi connectivity index (χ1v) is 3.41. The molecule has 4 heteroatoms. The molecule has 1 heterocycles. The molecule has 0 aromatic carbocycles. The highest BCUT2D eigenvalue weighted by Gasteiger charge is 2.18. The van der Waals surface area contributed by atoms with Crippen LogP contribution >= 0.6 is 0 Å². The van der Waals surface area contributed by atoms with Gasteiger partial charge >= 0.3 is 0 Å². The van der Waals surface area contributed by atoms with Gasteiger partial charge in [0.05, 0.1) is 12.6 Å². The summed E-state index contributed by atoms with van der Waals surface area (Å²) in [6.07, 6.45) is 0.793. The number of carbonyl (C=O) groups is 1. The second-order valence-corrected chi connectivity index (χ2v) is 2.38. The van der Waals surface area contributed by atoms with Crippen LogP contribution in [0.5, 0.6) is 0 Å². The summed E-state index contributed by atoms with van der Waals surface area (Å²) in [5, 5.41) is 11.8. The van der Waals surface area contributed by atoms with E-state index in [0.29, 0.717) is 13.1 Å². The van der Waals surface area contributed by atoms with Gasteiger partial charge in [-0.05, 0) is 0 Å². The van der Waals surface area contributed by atoms with Crippen molar-refractivity contribution in [2.45, 2.75) is 6.04 Å². The largest absolute Gasteiger partial charge is 0.394 e. The number of amides is 1. The number of hydrogen-bond donors (Lipinski definition) is 2. The minimum atomic E-state index is -0.0220. The van der Waals surface area contributed by atoms with Crippen LogP contribution in [0.2, 0.25) is 0 Å². The molecule has 1 atom stereocenters. The number of aliphatic hydroxyl groups is 1. The molecule has 4 nitrogen and oxygen atoms in total. The van der Waals surface area contributed by atoms with Gasteiger partial charge in [-0.1, -0.05) is 0 Å². The van der Waals surface area contributed by atoms with E-state index in [-0.39, 0.29) is 12.6 Å². The topological polar surface area (TPSA) is 52.6 Å². The second kappa shape index (κ2) is 3.53. The summed E-state index contributed by atoms with van der Waals surface area (Å²) in [7, 11) is 0. The number of nitrogens with one attached hydrogen (secondary N) is 1. The van der Waals surface area contributed by atoms with E-state index in [9.17, 15) is 4.79 Å². The molecular weight excluding hydrogens is 132 g/mol. The molecule has 1 amide bonds. The standard InChI is InChI=1S/C6H12N2O2/c9-4-6-3-7-1-2-8(6)5-10/h5-7,9H,1-4H2. The van der Waals surface area contributed by atoms with Crippen molar-refractivity contribution in [1.29, 1.82) is 0 Å². The van der Waals surface area contributed by atoms with Gasteiger partial charge in [0.1, 0.15) is 0 Å². The summed E-state index contributed by atoms with van der Waals surface area (Å²) < 4.78 is 0. The van der Waals surface area contributed by atoms with E-state index in [4.69, 9.17) is 5.11 Å². The van der Waals surface area contributed by atoms with E-state index < -0.39 is 0 Å². The maximum atomic E-state index is 10.3. The second-order valence-electron chi connectivity index (χ2n) is 2.38. The molecule has 2 N–H and O–H groups in total. The van der Waals surface area contributed by atoms with Crippen LogP contribution in [0.3, 0.4) is 0 Å². The molecule has 0 aromatic rings. The van der Waals surface area contributed by atoms with Crippen LogP contribution in [-0.2, 0) is 4.79 Å². The Balaban J connectivity index is 2.41. The van der Waals surface area contributed by atoms with Crippen molar-refractivity contribution in [3.8, 4) is 0 Å². The van der Waals surface area contributed by atoms with Crippen molar-refractivity contribution in [1.82, 2.24) is 10.2 Å². The molecule has 1 aliphatic heterocycles.